The lowest BCUT2D eigenvalue weighted by Gasteiger charge is -2.33. The Morgan fingerprint density at radius 1 is 0.968 bits per heavy atom. The molecule has 0 spiro atoms. The molecule has 3 aromatic rings. The first-order valence-electron chi connectivity index (χ1n) is 10.4. The second-order valence-corrected chi connectivity index (χ2v) is 7.62. The summed E-state index contributed by atoms with van der Waals surface area (Å²) >= 11 is 0. The van der Waals surface area contributed by atoms with Crippen LogP contribution < -0.4 is 24.0 Å². The van der Waals surface area contributed by atoms with Crippen molar-refractivity contribution in [3.63, 3.8) is 0 Å². The van der Waals surface area contributed by atoms with Gasteiger partial charge in [-0.2, -0.15) is 0 Å². The molecule has 4 rings (SSSR count). The number of para-hydroxylation sites is 1. The number of nitrogens with zero attached hydrogens (tertiary/aromatic N) is 3. The summed E-state index contributed by atoms with van der Waals surface area (Å²) in [5.74, 6) is 2.70. The van der Waals surface area contributed by atoms with Crippen LogP contribution in [0.1, 0.15) is 11.5 Å². The molecule has 0 atom stereocenters. The Balaban J connectivity index is 1.43. The quantitative estimate of drug-likeness (QED) is 0.620. The fourth-order valence-electron chi connectivity index (χ4n) is 4.02. The second kappa shape index (κ2) is 9.26. The number of ether oxygens (including phenoxy) is 3. The predicted molar refractivity (Wildman–Crippen MR) is 117 cm³/mol. The van der Waals surface area contributed by atoms with Crippen molar-refractivity contribution in [3.8, 4) is 28.7 Å². The summed E-state index contributed by atoms with van der Waals surface area (Å²) in [6.07, 6.45) is 0. The lowest BCUT2D eigenvalue weighted by molar-refractivity contribution is -0.915. The van der Waals surface area contributed by atoms with Crippen LogP contribution in [0.4, 0.5) is 5.69 Å². The molecule has 1 aromatic heterocycles. The van der Waals surface area contributed by atoms with Crippen LogP contribution in [0, 0.1) is 6.92 Å². The lowest BCUT2D eigenvalue weighted by Crippen LogP contribution is -3.13. The van der Waals surface area contributed by atoms with Gasteiger partial charge >= 0.3 is 0 Å². The zero-order valence-electron chi connectivity index (χ0n) is 18.5. The van der Waals surface area contributed by atoms with Gasteiger partial charge in [0.2, 0.25) is 11.6 Å². The van der Waals surface area contributed by atoms with E-state index in [0.29, 0.717) is 35.6 Å². The number of anilines is 1. The molecule has 0 saturated carbocycles. The Morgan fingerprint density at radius 3 is 2.26 bits per heavy atom. The van der Waals surface area contributed by atoms with Crippen molar-refractivity contribution in [2.45, 2.75) is 13.5 Å². The van der Waals surface area contributed by atoms with Crippen LogP contribution in [0.25, 0.3) is 11.5 Å². The van der Waals surface area contributed by atoms with Gasteiger partial charge in [0.25, 0.3) is 5.89 Å². The molecule has 1 aliphatic rings. The van der Waals surface area contributed by atoms with Gasteiger partial charge < -0.3 is 28.4 Å². The van der Waals surface area contributed by atoms with E-state index in [1.165, 1.54) is 16.2 Å². The van der Waals surface area contributed by atoms with Crippen LogP contribution >= 0.6 is 0 Å². The maximum Gasteiger partial charge on any atom is 0.271 e. The fourth-order valence-corrected chi connectivity index (χ4v) is 4.02. The maximum atomic E-state index is 5.97. The largest absolute Gasteiger partial charge is 0.493 e. The molecule has 0 unspecified atom stereocenters. The van der Waals surface area contributed by atoms with Gasteiger partial charge in [0.15, 0.2) is 18.0 Å². The highest BCUT2D eigenvalue weighted by atomic mass is 16.5. The third-order valence-corrected chi connectivity index (χ3v) is 5.71. The number of hydrogen-bond acceptors (Lipinski definition) is 7. The van der Waals surface area contributed by atoms with Crippen LogP contribution in [0.2, 0.25) is 0 Å². The summed E-state index contributed by atoms with van der Waals surface area (Å²) in [5, 5.41) is 8.51. The molecular formula is C23H29N4O4+. The minimum Gasteiger partial charge on any atom is -0.493 e. The first-order valence-corrected chi connectivity index (χ1v) is 10.4. The molecule has 1 aliphatic heterocycles. The summed E-state index contributed by atoms with van der Waals surface area (Å²) in [5.41, 5.74) is 3.37. The summed E-state index contributed by atoms with van der Waals surface area (Å²) in [6.45, 7) is 6.94. The zero-order chi connectivity index (χ0) is 21.8. The normalized spacial score (nSPS) is 14.5. The van der Waals surface area contributed by atoms with Crippen LogP contribution in [-0.4, -0.2) is 57.7 Å². The molecule has 8 nitrogen and oxygen atoms in total. The van der Waals surface area contributed by atoms with Crippen molar-refractivity contribution in [2.24, 2.45) is 0 Å². The molecule has 1 N–H and O–H groups in total. The van der Waals surface area contributed by atoms with E-state index in [-0.39, 0.29) is 0 Å². The molecule has 31 heavy (non-hydrogen) atoms. The monoisotopic (exact) mass is 425 g/mol. The summed E-state index contributed by atoms with van der Waals surface area (Å²) in [4.78, 5) is 3.89. The smallest absolute Gasteiger partial charge is 0.271 e. The van der Waals surface area contributed by atoms with E-state index in [2.05, 4.69) is 46.3 Å². The van der Waals surface area contributed by atoms with Crippen LogP contribution in [0.3, 0.4) is 0 Å². The highest BCUT2D eigenvalue weighted by Crippen LogP contribution is 2.40. The third-order valence-electron chi connectivity index (χ3n) is 5.71. The van der Waals surface area contributed by atoms with Gasteiger partial charge in [0.05, 0.1) is 47.5 Å². The predicted octanol–water partition coefficient (Wildman–Crippen LogP) is 1.98. The Bertz CT molecular complexity index is 1000. The molecular weight excluding hydrogens is 396 g/mol. The molecule has 0 aliphatic carbocycles. The van der Waals surface area contributed by atoms with Gasteiger partial charge in [-0.25, -0.2) is 0 Å². The standard InChI is InChI=1S/C23H28N4O4/c1-16-7-5-6-8-18(16)27-11-9-26(10-12-27)15-21-24-25-23(31-21)17-13-19(28-2)22(30-4)20(14-17)29-3/h5-8,13-14H,9-12,15H2,1-4H3/p+1. The van der Waals surface area contributed by atoms with Crippen molar-refractivity contribution in [1.29, 1.82) is 0 Å². The Morgan fingerprint density at radius 2 is 1.65 bits per heavy atom. The average Bonchev–Trinajstić information content (AvgIpc) is 3.27. The van der Waals surface area contributed by atoms with Gasteiger partial charge in [-0.15, -0.1) is 10.2 Å². The average molecular weight is 426 g/mol. The van der Waals surface area contributed by atoms with E-state index in [9.17, 15) is 0 Å². The minimum absolute atomic E-state index is 0.437. The van der Waals surface area contributed by atoms with Gasteiger partial charge in [-0.05, 0) is 30.7 Å². The number of piperazine rings is 1. The third kappa shape index (κ3) is 4.44. The van der Waals surface area contributed by atoms with Crippen LogP contribution in [-0.2, 0) is 6.54 Å². The molecule has 0 bridgehead atoms. The lowest BCUT2D eigenvalue weighted by atomic mass is 10.1. The van der Waals surface area contributed by atoms with Gasteiger partial charge in [0, 0.05) is 11.3 Å². The Hall–Kier alpha value is -3.26. The summed E-state index contributed by atoms with van der Waals surface area (Å²) in [6, 6.07) is 12.2. The highest BCUT2D eigenvalue weighted by Gasteiger charge is 2.24. The molecule has 0 radical (unpaired) electrons. The van der Waals surface area contributed by atoms with Gasteiger partial charge in [-0.1, -0.05) is 18.2 Å². The first-order chi connectivity index (χ1) is 15.1. The van der Waals surface area contributed by atoms with Crippen LogP contribution in [0.5, 0.6) is 17.2 Å². The second-order valence-electron chi connectivity index (χ2n) is 7.62. The fraction of sp³-hybridized carbons (Fsp3) is 0.391. The number of methoxy groups -OCH3 is 3. The Labute approximate surface area is 182 Å². The van der Waals surface area contributed by atoms with Crippen molar-refractivity contribution >= 4 is 5.69 Å². The van der Waals surface area contributed by atoms with Crippen molar-refractivity contribution in [2.75, 3.05) is 52.4 Å². The van der Waals surface area contributed by atoms with Crippen LogP contribution in [0.15, 0.2) is 40.8 Å². The topological polar surface area (TPSA) is 74.3 Å². The van der Waals surface area contributed by atoms with Gasteiger partial charge in [0.1, 0.15) is 0 Å². The number of rotatable bonds is 7. The van der Waals surface area contributed by atoms with E-state index in [1.807, 2.05) is 12.1 Å². The van der Waals surface area contributed by atoms with E-state index in [0.717, 1.165) is 31.7 Å². The minimum atomic E-state index is 0.437. The SMILES string of the molecule is COc1cc(-c2nnc(C[NH+]3CCN(c4ccccc4C)CC3)o2)cc(OC)c1OC. The molecule has 1 fully saturated rings. The number of hydrogen-bond donors (Lipinski definition) is 1. The molecule has 2 heterocycles. The number of benzene rings is 2. The molecule has 164 valence electrons. The van der Waals surface area contributed by atoms with Crippen molar-refractivity contribution < 1.29 is 23.5 Å². The van der Waals surface area contributed by atoms with E-state index in [1.54, 1.807) is 21.3 Å². The van der Waals surface area contributed by atoms with E-state index >= 15 is 0 Å². The molecule has 8 heteroatoms. The molecule has 1 saturated heterocycles. The number of aromatic nitrogens is 2. The Kier molecular flexibility index (Phi) is 6.27. The highest BCUT2D eigenvalue weighted by molar-refractivity contribution is 5.65. The zero-order valence-corrected chi connectivity index (χ0v) is 18.5. The van der Waals surface area contributed by atoms with Crippen molar-refractivity contribution in [1.82, 2.24) is 10.2 Å². The van der Waals surface area contributed by atoms with E-state index in [4.69, 9.17) is 18.6 Å². The summed E-state index contributed by atoms with van der Waals surface area (Å²) < 4.78 is 22.2. The maximum absolute atomic E-state index is 5.97. The summed E-state index contributed by atoms with van der Waals surface area (Å²) in [7, 11) is 4.74. The number of nitrogens with one attached hydrogen (secondary N) is 1. The molecule has 2 aromatic carbocycles. The number of quaternary nitrogens is 1. The van der Waals surface area contributed by atoms with Crippen molar-refractivity contribution in [3.05, 3.63) is 47.9 Å². The first kappa shape index (κ1) is 21.0. The van der Waals surface area contributed by atoms with Gasteiger partial charge in [-0.3, -0.25) is 0 Å². The molecule has 0 amide bonds. The van der Waals surface area contributed by atoms with E-state index < -0.39 is 0 Å². The number of aryl methyl sites for hydroxylation is 1.